The Hall–Kier alpha value is -1.07. The van der Waals surface area contributed by atoms with Gasteiger partial charge in [0.1, 0.15) is 5.75 Å². The normalized spacial score (nSPS) is 16.2. The maximum atomic E-state index is 12.2. The van der Waals surface area contributed by atoms with Crippen LogP contribution in [0.4, 0.5) is 0 Å². The fraction of sp³-hybridized carbons (Fsp3) is 0.533. The molecule has 1 amide bonds. The van der Waals surface area contributed by atoms with Crippen LogP contribution in [0.1, 0.15) is 25.3 Å². The number of carbonyl (C=O) groups is 1. The Balaban J connectivity index is 2.01. The Bertz CT molecular complexity index is 473. The lowest BCUT2D eigenvalue weighted by molar-refractivity contribution is -0.136. The van der Waals surface area contributed by atoms with Crippen molar-refractivity contribution in [3.05, 3.63) is 28.2 Å². The Morgan fingerprint density at radius 3 is 2.80 bits per heavy atom. The first kappa shape index (κ1) is 15.3. The van der Waals surface area contributed by atoms with Gasteiger partial charge in [-0.05, 0) is 56.5 Å². The molecule has 20 heavy (non-hydrogen) atoms. The fourth-order valence-electron chi connectivity index (χ4n) is 2.42. The molecular formula is C15H21BrN2O2. The number of rotatable bonds is 5. The Labute approximate surface area is 128 Å². The summed E-state index contributed by atoms with van der Waals surface area (Å²) in [5.41, 5.74) is 6.69. The van der Waals surface area contributed by atoms with E-state index in [4.69, 9.17) is 10.5 Å². The van der Waals surface area contributed by atoms with Crippen molar-refractivity contribution in [1.82, 2.24) is 4.90 Å². The van der Waals surface area contributed by atoms with E-state index in [-0.39, 0.29) is 5.91 Å². The van der Waals surface area contributed by atoms with Gasteiger partial charge in [0, 0.05) is 17.6 Å². The van der Waals surface area contributed by atoms with Crippen LogP contribution >= 0.6 is 15.9 Å². The molecule has 4 nitrogen and oxygen atoms in total. The predicted octanol–water partition coefficient (Wildman–Crippen LogP) is 2.34. The fourth-order valence-corrected chi connectivity index (χ4v) is 2.87. The van der Waals surface area contributed by atoms with Crippen molar-refractivity contribution < 1.29 is 9.53 Å². The third-order valence-corrected chi connectivity index (χ3v) is 4.28. The molecule has 5 heteroatoms. The van der Waals surface area contributed by atoms with Crippen LogP contribution in [0.2, 0.25) is 0 Å². The zero-order valence-corrected chi connectivity index (χ0v) is 13.4. The van der Waals surface area contributed by atoms with E-state index in [0.29, 0.717) is 6.54 Å². The maximum Gasteiger partial charge on any atom is 0.263 e. The second kappa shape index (κ2) is 7.09. The molecule has 1 unspecified atom stereocenters. The first-order valence-electron chi connectivity index (χ1n) is 7.05. The zero-order valence-electron chi connectivity index (χ0n) is 11.8. The van der Waals surface area contributed by atoms with Crippen molar-refractivity contribution >= 4 is 21.8 Å². The highest BCUT2D eigenvalue weighted by molar-refractivity contribution is 9.10. The summed E-state index contributed by atoms with van der Waals surface area (Å²) in [4.78, 5) is 14.1. The lowest BCUT2D eigenvalue weighted by atomic mass is 10.1. The van der Waals surface area contributed by atoms with Gasteiger partial charge in [-0.1, -0.05) is 15.9 Å². The summed E-state index contributed by atoms with van der Waals surface area (Å²) in [5, 5.41) is 0. The molecule has 0 bridgehead atoms. The van der Waals surface area contributed by atoms with Crippen LogP contribution in [0.5, 0.6) is 5.75 Å². The Kier molecular flexibility index (Phi) is 5.43. The average molecular weight is 341 g/mol. The summed E-state index contributed by atoms with van der Waals surface area (Å²) < 4.78 is 6.80. The smallest absolute Gasteiger partial charge is 0.263 e. The SMILES string of the molecule is CC(Oc1ccc(Br)c(CCN)c1)C(=O)N1CCCC1. The number of benzene rings is 1. The highest BCUT2D eigenvalue weighted by atomic mass is 79.9. The van der Waals surface area contributed by atoms with Crippen LogP contribution < -0.4 is 10.5 Å². The maximum absolute atomic E-state index is 12.2. The van der Waals surface area contributed by atoms with Crippen molar-refractivity contribution in [1.29, 1.82) is 0 Å². The molecule has 1 fully saturated rings. The summed E-state index contributed by atoms with van der Waals surface area (Å²) in [7, 11) is 0. The van der Waals surface area contributed by atoms with Gasteiger partial charge in [0.15, 0.2) is 6.10 Å². The summed E-state index contributed by atoms with van der Waals surface area (Å²) in [6.07, 6.45) is 2.53. The second-order valence-electron chi connectivity index (χ2n) is 5.08. The van der Waals surface area contributed by atoms with Gasteiger partial charge in [-0.25, -0.2) is 0 Å². The largest absolute Gasteiger partial charge is 0.481 e. The topological polar surface area (TPSA) is 55.6 Å². The third kappa shape index (κ3) is 3.73. The van der Waals surface area contributed by atoms with Crippen molar-refractivity contribution in [2.24, 2.45) is 5.73 Å². The number of nitrogens with two attached hydrogens (primary N) is 1. The first-order chi connectivity index (χ1) is 9.61. The van der Waals surface area contributed by atoms with E-state index in [0.717, 1.165) is 48.1 Å². The third-order valence-electron chi connectivity index (χ3n) is 3.51. The molecule has 1 aromatic rings. The minimum atomic E-state index is -0.444. The zero-order chi connectivity index (χ0) is 14.5. The van der Waals surface area contributed by atoms with Gasteiger partial charge in [0.05, 0.1) is 0 Å². The number of ether oxygens (including phenoxy) is 1. The standard InChI is InChI=1S/C15H21BrN2O2/c1-11(15(19)18-8-2-3-9-18)20-13-4-5-14(16)12(10-13)6-7-17/h4-5,10-11H,2-3,6-9,17H2,1H3. The van der Waals surface area contributed by atoms with Crippen LogP contribution in [0.15, 0.2) is 22.7 Å². The minimum Gasteiger partial charge on any atom is -0.481 e. The van der Waals surface area contributed by atoms with Crippen LogP contribution in [-0.2, 0) is 11.2 Å². The Morgan fingerprint density at radius 1 is 1.45 bits per heavy atom. The van der Waals surface area contributed by atoms with E-state index in [1.807, 2.05) is 30.0 Å². The molecule has 0 aromatic heterocycles. The van der Waals surface area contributed by atoms with E-state index < -0.39 is 6.10 Å². The van der Waals surface area contributed by atoms with Gasteiger partial charge in [-0.15, -0.1) is 0 Å². The van der Waals surface area contributed by atoms with Gasteiger partial charge >= 0.3 is 0 Å². The van der Waals surface area contributed by atoms with Gasteiger partial charge < -0.3 is 15.4 Å². The van der Waals surface area contributed by atoms with Crippen molar-refractivity contribution in [2.75, 3.05) is 19.6 Å². The summed E-state index contributed by atoms with van der Waals surface area (Å²) in [6.45, 7) is 4.10. The molecule has 0 saturated carbocycles. The lowest BCUT2D eigenvalue weighted by Crippen LogP contribution is -2.38. The molecule has 0 spiro atoms. The number of amides is 1. The van der Waals surface area contributed by atoms with E-state index in [2.05, 4.69) is 15.9 Å². The van der Waals surface area contributed by atoms with Crippen LogP contribution in [0, 0.1) is 0 Å². The summed E-state index contributed by atoms with van der Waals surface area (Å²) >= 11 is 3.49. The molecule has 2 rings (SSSR count). The van der Waals surface area contributed by atoms with Crippen molar-refractivity contribution in [3.8, 4) is 5.75 Å². The molecule has 2 N–H and O–H groups in total. The summed E-state index contributed by atoms with van der Waals surface area (Å²) in [6, 6.07) is 5.76. The molecule has 1 atom stereocenters. The molecule has 1 aliphatic heterocycles. The first-order valence-corrected chi connectivity index (χ1v) is 7.85. The number of nitrogens with zero attached hydrogens (tertiary/aromatic N) is 1. The minimum absolute atomic E-state index is 0.0748. The van der Waals surface area contributed by atoms with E-state index in [1.54, 1.807) is 0 Å². The lowest BCUT2D eigenvalue weighted by Gasteiger charge is -2.21. The average Bonchev–Trinajstić information content (AvgIpc) is 2.96. The van der Waals surface area contributed by atoms with Crippen LogP contribution in [0.25, 0.3) is 0 Å². The number of halogens is 1. The number of carbonyl (C=O) groups excluding carboxylic acids is 1. The monoisotopic (exact) mass is 340 g/mol. The number of likely N-dealkylation sites (tertiary alicyclic amines) is 1. The second-order valence-corrected chi connectivity index (χ2v) is 5.94. The van der Waals surface area contributed by atoms with Crippen LogP contribution in [0.3, 0.4) is 0 Å². The van der Waals surface area contributed by atoms with Gasteiger partial charge in [-0.2, -0.15) is 0 Å². The van der Waals surface area contributed by atoms with Crippen molar-refractivity contribution in [2.45, 2.75) is 32.3 Å². The Morgan fingerprint density at radius 2 is 2.15 bits per heavy atom. The van der Waals surface area contributed by atoms with Crippen LogP contribution in [-0.4, -0.2) is 36.5 Å². The molecule has 1 heterocycles. The van der Waals surface area contributed by atoms with E-state index in [1.165, 1.54) is 0 Å². The van der Waals surface area contributed by atoms with Gasteiger partial charge in [-0.3, -0.25) is 4.79 Å². The predicted molar refractivity (Wildman–Crippen MR) is 82.8 cm³/mol. The summed E-state index contributed by atoms with van der Waals surface area (Å²) in [5.74, 6) is 0.794. The molecule has 0 aliphatic carbocycles. The highest BCUT2D eigenvalue weighted by Crippen LogP contribution is 2.24. The highest BCUT2D eigenvalue weighted by Gasteiger charge is 2.24. The van der Waals surface area contributed by atoms with E-state index >= 15 is 0 Å². The molecule has 0 radical (unpaired) electrons. The van der Waals surface area contributed by atoms with E-state index in [9.17, 15) is 4.79 Å². The molecule has 110 valence electrons. The quantitative estimate of drug-likeness (QED) is 0.894. The molecule has 1 saturated heterocycles. The number of hydrogen-bond donors (Lipinski definition) is 1. The molecule has 1 aromatic carbocycles. The molecular weight excluding hydrogens is 320 g/mol. The van der Waals surface area contributed by atoms with Gasteiger partial charge in [0.2, 0.25) is 0 Å². The number of hydrogen-bond acceptors (Lipinski definition) is 3. The van der Waals surface area contributed by atoms with Crippen molar-refractivity contribution in [3.63, 3.8) is 0 Å². The molecule has 1 aliphatic rings. The van der Waals surface area contributed by atoms with Gasteiger partial charge in [0.25, 0.3) is 5.91 Å².